The summed E-state index contributed by atoms with van der Waals surface area (Å²) >= 11 is 0. The lowest BCUT2D eigenvalue weighted by molar-refractivity contribution is -0.141. The van der Waals surface area contributed by atoms with Crippen LogP contribution < -0.4 is 4.31 Å². The lowest BCUT2D eigenvalue weighted by Crippen LogP contribution is -2.52. The van der Waals surface area contributed by atoms with Crippen LogP contribution in [-0.4, -0.2) is 56.2 Å². The number of para-hydroxylation sites is 1. The number of anilines is 1. The summed E-state index contributed by atoms with van der Waals surface area (Å²) in [4.78, 5) is 24.5. The summed E-state index contributed by atoms with van der Waals surface area (Å²) in [6.07, 6.45) is 3.31. The van der Waals surface area contributed by atoms with Crippen LogP contribution in [0.4, 0.5) is 5.69 Å². The van der Waals surface area contributed by atoms with E-state index in [2.05, 4.69) is 0 Å². The normalized spacial score (nSPS) is 19.3. The highest BCUT2D eigenvalue weighted by Crippen LogP contribution is 2.44. The Hall–Kier alpha value is -2.09. The van der Waals surface area contributed by atoms with Crippen molar-refractivity contribution < 1.29 is 23.1 Å². The van der Waals surface area contributed by atoms with Crippen molar-refractivity contribution in [1.82, 2.24) is 4.90 Å². The number of aliphatic carboxylic acids is 1. The van der Waals surface area contributed by atoms with Crippen molar-refractivity contribution in [2.75, 3.05) is 30.2 Å². The minimum Gasteiger partial charge on any atom is -0.481 e. The van der Waals surface area contributed by atoms with E-state index in [0.717, 1.165) is 17.7 Å². The number of likely N-dealkylation sites (tertiary alicyclic amines) is 1. The molecule has 0 aliphatic carbocycles. The maximum Gasteiger partial charge on any atom is 0.303 e. The maximum absolute atomic E-state index is 12.3. The zero-order valence-electron chi connectivity index (χ0n) is 14.8. The number of carbonyl (C=O) groups excluding carboxylic acids is 1. The molecular formula is C18H24N2O5S. The lowest BCUT2D eigenvalue weighted by Gasteiger charge is -2.48. The molecule has 0 atom stereocenters. The Labute approximate surface area is 153 Å². The predicted molar refractivity (Wildman–Crippen MR) is 97.5 cm³/mol. The molecule has 0 bridgehead atoms. The van der Waals surface area contributed by atoms with E-state index in [1.807, 2.05) is 24.3 Å². The zero-order valence-corrected chi connectivity index (χ0v) is 15.7. The first-order valence-corrected chi connectivity index (χ1v) is 10.6. The molecule has 7 nitrogen and oxygen atoms in total. The zero-order chi connectivity index (χ0) is 18.9. The molecule has 2 aliphatic heterocycles. The number of rotatable bonds is 4. The largest absolute Gasteiger partial charge is 0.481 e. The van der Waals surface area contributed by atoms with Crippen molar-refractivity contribution in [3.63, 3.8) is 0 Å². The molecule has 1 N–H and O–H groups in total. The average molecular weight is 380 g/mol. The molecule has 2 aliphatic rings. The highest BCUT2D eigenvalue weighted by atomic mass is 32.2. The summed E-state index contributed by atoms with van der Waals surface area (Å²) in [5.74, 6) is -1.11. The summed E-state index contributed by atoms with van der Waals surface area (Å²) in [6, 6.07) is 7.58. The van der Waals surface area contributed by atoms with E-state index in [4.69, 9.17) is 5.11 Å². The molecule has 1 aromatic carbocycles. The highest BCUT2D eigenvalue weighted by Gasteiger charge is 2.43. The number of nitrogens with zero attached hydrogens (tertiary/aromatic N) is 2. The summed E-state index contributed by atoms with van der Waals surface area (Å²) in [6.45, 7) is 1.51. The standard InChI is InChI=1S/C18H24N2O5S/c1-26(24,25)20-13-18(12-14-4-2-3-5-15(14)20)8-10-19(11-9-18)16(21)6-7-17(22)23/h2-5H,6-13H2,1H3,(H,22,23). The van der Waals surface area contributed by atoms with Crippen LogP contribution in [0, 0.1) is 5.41 Å². The Bertz CT molecular complexity index is 813. The number of hydrogen-bond acceptors (Lipinski definition) is 4. The molecule has 3 rings (SSSR count). The van der Waals surface area contributed by atoms with Gasteiger partial charge in [0, 0.05) is 26.1 Å². The maximum atomic E-state index is 12.3. The topological polar surface area (TPSA) is 95.0 Å². The van der Waals surface area contributed by atoms with Crippen molar-refractivity contribution in [3.05, 3.63) is 29.8 Å². The molecule has 1 saturated heterocycles. The van der Waals surface area contributed by atoms with Gasteiger partial charge in [-0.3, -0.25) is 13.9 Å². The lowest BCUT2D eigenvalue weighted by atomic mass is 9.71. The van der Waals surface area contributed by atoms with Gasteiger partial charge in [-0.1, -0.05) is 18.2 Å². The quantitative estimate of drug-likeness (QED) is 0.854. The molecule has 8 heteroatoms. The third-order valence-electron chi connectivity index (χ3n) is 5.43. The van der Waals surface area contributed by atoms with Crippen LogP contribution in [-0.2, 0) is 26.0 Å². The van der Waals surface area contributed by atoms with Crippen LogP contribution in [0.15, 0.2) is 24.3 Å². The first-order chi connectivity index (χ1) is 12.2. The summed E-state index contributed by atoms with van der Waals surface area (Å²) < 4.78 is 26.1. The second kappa shape index (κ2) is 6.90. The fourth-order valence-corrected chi connectivity index (χ4v) is 5.03. The number of sulfonamides is 1. The van der Waals surface area contributed by atoms with Gasteiger partial charge in [0.2, 0.25) is 15.9 Å². The van der Waals surface area contributed by atoms with Crippen molar-refractivity contribution in [1.29, 1.82) is 0 Å². The molecule has 142 valence electrons. The Balaban J connectivity index is 1.75. The molecule has 0 unspecified atom stereocenters. The molecule has 0 radical (unpaired) electrons. The molecule has 1 spiro atoms. The third-order valence-corrected chi connectivity index (χ3v) is 6.56. The Morgan fingerprint density at radius 1 is 1.15 bits per heavy atom. The minimum absolute atomic E-state index is 0.0145. The second-order valence-electron chi connectivity index (χ2n) is 7.35. The first kappa shape index (κ1) is 18.7. The Morgan fingerprint density at radius 2 is 1.81 bits per heavy atom. The number of amides is 1. The predicted octanol–water partition coefficient (Wildman–Crippen LogP) is 1.48. The van der Waals surface area contributed by atoms with Crippen molar-refractivity contribution >= 4 is 27.6 Å². The van der Waals surface area contributed by atoms with Gasteiger partial charge < -0.3 is 10.0 Å². The van der Waals surface area contributed by atoms with Gasteiger partial charge in [0.1, 0.15) is 0 Å². The van der Waals surface area contributed by atoms with E-state index < -0.39 is 16.0 Å². The van der Waals surface area contributed by atoms with Gasteiger partial charge in [0.05, 0.1) is 18.4 Å². The summed E-state index contributed by atoms with van der Waals surface area (Å²) in [5, 5.41) is 8.72. The summed E-state index contributed by atoms with van der Waals surface area (Å²) in [7, 11) is -3.38. The molecule has 26 heavy (non-hydrogen) atoms. The molecule has 1 aromatic rings. The number of benzene rings is 1. The molecule has 1 fully saturated rings. The van der Waals surface area contributed by atoms with Gasteiger partial charge in [-0.05, 0) is 36.3 Å². The van der Waals surface area contributed by atoms with E-state index in [1.165, 1.54) is 10.6 Å². The SMILES string of the molecule is CS(=O)(=O)N1CC2(CCN(C(=O)CCC(=O)O)CC2)Cc2ccccc21. The molecule has 0 aromatic heterocycles. The Kier molecular flexibility index (Phi) is 4.96. The fourth-order valence-electron chi connectivity index (χ4n) is 3.99. The van der Waals surface area contributed by atoms with E-state index in [0.29, 0.717) is 32.5 Å². The Morgan fingerprint density at radius 3 is 2.42 bits per heavy atom. The van der Waals surface area contributed by atoms with Gasteiger partial charge in [0.25, 0.3) is 0 Å². The first-order valence-electron chi connectivity index (χ1n) is 8.75. The molecule has 2 heterocycles. The van der Waals surface area contributed by atoms with Crippen LogP contribution in [0.2, 0.25) is 0 Å². The molecule has 1 amide bonds. The van der Waals surface area contributed by atoms with Gasteiger partial charge in [-0.25, -0.2) is 8.42 Å². The van der Waals surface area contributed by atoms with Gasteiger partial charge >= 0.3 is 5.97 Å². The van der Waals surface area contributed by atoms with E-state index in [9.17, 15) is 18.0 Å². The smallest absolute Gasteiger partial charge is 0.303 e. The molecule has 0 saturated carbocycles. The van der Waals surface area contributed by atoms with E-state index in [-0.39, 0.29) is 24.2 Å². The number of fused-ring (bicyclic) bond motifs is 1. The van der Waals surface area contributed by atoms with Gasteiger partial charge in [0.15, 0.2) is 0 Å². The average Bonchev–Trinajstić information content (AvgIpc) is 2.59. The number of piperidine rings is 1. The van der Waals surface area contributed by atoms with E-state index in [1.54, 1.807) is 4.90 Å². The molecular weight excluding hydrogens is 356 g/mol. The number of hydrogen-bond donors (Lipinski definition) is 1. The summed E-state index contributed by atoms with van der Waals surface area (Å²) in [5.41, 5.74) is 1.59. The van der Waals surface area contributed by atoms with Crippen molar-refractivity contribution in [2.24, 2.45) is 5.41 Å². The van der Waals surface area contributed by atoms with E-state index >= 15 is 0 Å². The van der Waals surface area contributed by atoms with Crippen LogP contribution in [0.3, 0.4) is 0 Å². The monoisotopic (exact) mass is 380 g/mol. The van der Waals surface area contributed by atoms with Crippen LogP contribution in [0.1, 0.15) is 31.2 Å². The van der Waals surface area contributed by atoms with Crippen molar-refractivity contribution in [2.45, 2.75) is 32.1 Å². The highest BCUT2D eigenvalue weighted by molar-refractivity contribution is 7.92. The van der Waals surface area contributed by atoms with Gasteiger partial charge in [-0.2, -0.15) is 0 Å². The second-order valence-corrected chi connectivity index (χ2v) is 9.26. The van der Waals surface area contributed by atoms with Crippen molar-refractivity contribution in [3.8, 4) is 0 Å². The number of carboxylic acids is 1. The van der Waals surface area contributed by atoms with Crippen LogP contribution in [0.25, 0.3) is 0 Å². The van der Waals surface area contributed by atoms with Crippen LogP contribution in [0.5, 0.6) is 0 Å². The fraction of sp³-hybridized carbons (Fsp3) is 0.556. The minimum atomic E-state index is -3.38. The third kappa shape index (κ3) is 3.85. The van der Waals surface area contributed by atoms with Crippen LogP contribution >= 0.6 is 0 Å². The van der Waals surface area contributed by atoms with Gasteiger partial charge in [-0.15, -0.1) is 0 Å². The number of carbonyl (C=O) groups is 2. The number of carboxylic acid groups (broad SMARTS) is 1.